The van der Waals surface area contributed by atoms with Crippen LogP contribution in [-0.2, 0) is 11.0 Å². The van der Waals surface area contributed by atoms with Crippen LogP contribution in [0.4, 0.5) is 13.2 Å². The molecule has 194 valence electrons. The van der Waals surface area contributed by atoms with Gasteiger partial charge in [-0.1, -0.05) is 18.2 Å². The summed E-state index contributed by atoms with van der Waals surface area (Å²) in [6.07, 6.45) is 1.18. The maximum atomic E-state index is 13.5. The number of likely N-dealkylation sites (tertiary alicyclic amines) is 2. The Balaban J connectivity index is 1.32. The van der Waals surface area contributed by atoms with Gasteiger partial charge in [0.1, 0.15) is 6.04 Å². The van der Waals surface area contributed by atoms with Crippen LogP contribution < -0.4 is 0 Å². The molecule has 2 saturated heterocycles. The first-order valence-corrected chi connectivity index (χ1v) is 12.6. The van der Waals surface area contributed by atoms with E-state index in [1.54, 1.807) is 24.1 Å². The molecule has 1 aliphatic carbocycles. The second kappa shape index (κ2) is 9.53. The van der Waals surface area contributed by atoms with Gasteiger partial charge in [0, 0.05) is 38.0 Å². The van der Waals surface area contributed by atoms with Crippen LogP contribution >= 0.6 is 0 Å². The number of halogens is 3. The molecule has 3 aliphatic rings. The predicted molar refractivity (Wildman–Crippen MR) is 126 cm³/mol. The molecule has 7 nitrogen and oxygen atoms in total. The highest BCUT2D eigenvalue weighted by molar-refractivity contribution is 5.95. The summed E-state index contributed by atoms with van der Waals surface area (Å²) in [6, 6.07) is 5.21. The summed E-state index contributed by atoms with van der Waals surface area (Å²) in [5, 5.41) is 13.9. The Morgan fingerprint density at radius 2 is 1.72 bits per heavy atom. The molecule has 5 rings (SSSR count). The molecule has 0 radical (unpaired) electrons. The molecule has 0 spiro atoms. The Bertz CT molecular complexity index is 1140. The second-order valence-electron chi connectivity index (χ2n) is 10.3. The summed E-state index contributed by atoms with van der Waals surface area (Å²) in [5.74, 6) is -1.08. The van der Waals surface area contributed by atoms with Crippen LogP contribution in [0.5, 0.6) is 0 Å². The van der Waals surface area contributed by atoms with Crippen LogP contribution in [0.1, 0.15) is 84.1 Å². The normalized spacial score (nSPS) is 22.7. The molecule has 0 bridgehead atoms. The molecule has 1 N–H and O–H groups in total. The van der Waals surface area contributed by atoms with Crippen molar-refractivity contribution in [3.63, 3.8) is 0 Å². The molecular weight excluding hydrogens is 473 g/mol. The number of carboxylic acid groups (broad SMARTS) is 1. The van der Waals surface area contributed by atoms with E-state index in [2.05, 4.69) is 5.10 Å². The van der Waals surface area contributed by atoms with Crippen molar-refractivity contribution in [2.24, 2.45) is 0 Å². The van der Waals surface area contributed by atoms with Gasteiger partial charge in [-0.2, -0.15) is 18.3 Å². The number of piperidine rings is 1. The molecular formula is C26H31F3N4O3. The van der Waals surface area contributed by atoms with E-state index in [1.165, 1.54) is 12.1 Å². The van der Waals surface area contributed by atoms with Gasteiger partial charge in [-0.25, -0.2) is 0 Å². The maximum Gasteiger partial charge on any atom is 0.416 e. The zero-order valence-corrected chi connectivity index (χ0v) is 20.2. The number of benzene rings is 1. The monoisotopic (exact) mass is 504 g/mol. The Kier molecular flexibility index (Phi) is 6.57. The van der Waals surface area contributed by atoms with Crippen molar-refractivity contribution in [1.29, 1.82) is 0 Å². The van der Waals surface area contributed by atoms with Crippen LogP contribution in [0.15, 0.2) is 30.5 Å². The number of aromatic nitrogens is 2. The van der Waals surface area contributed by atoms with E-state index in [9.17, 15) is 27.9 Å². The SMILES string of the molecule is CC(C(=O)O)N1CCC(n2ncc(C(=O)N3CC[C@@H](c4ccccc4C(F)(F)F)C3)c2C2CC2)CC1. The molecule has 1 amide bonds. The second-order valence-corrected chi connectivity index (χ2v) is 10.3. The molecule has 1 unspecified atom stereocenters. The van der Waals surface area contributed by atoms with Crippen molar-refractivity contribution in [2.75, 3.05) is 26.2 Å². The molecule has 1 saturated carbocycles. The third-order valence-electron chi connectivity index (χ3n) is 7.96. The number of carboxylic acids is 1. The van der Waals surface area contributed by atoms with Gasteiger partial charge in [0.05, 0.1) is 29.1 Å². The Labute approximate surface area is 207 Å². The van der Waals surface area contributed by atoms with Gasteiger partial charge in [0.15, 0.2) is 0 Å². The first kappa shape index (κ1) is 24.8. The fourth-order valence-electron chi connectivity index (χ4n) is 5.75. The molecule has 2 aromatic rings. The standard InChI is InChI=1S/C26H31F3N4O3/c1-16(25(35)36)31-12-9-19(10-13-31)33-23(17-6-7-17)21(14-30-33)24(34)32-11-8-18(15-32)20-4-2-3-5-22(20)26(27,28)29/h2-5,14,16-19H,6-13,15H2,1H3,(H,35,36)/t16?,18-/m1/s1. The van der Waals surface area contributed by atoms with Crippen molar-refractivity contribution < 1.29 is 27.9 Å². The number of hydrogen-bond donors (Lipinski definition) is 1. The minimum absolute atomic E-state index is 0.101. The lowest BCUT2D eigenvalue weighted by atomic mass is 9.93. The Hall–Kier alpha value is -2.88. The Morgan fingerprint density at radius 1 is 1.03 bits per heavy atom. The Morgan fingerprint density at radius 3 is 2.36 bits per heavy atom. The number of carbonyl (C=O) groups is 2. The van der Waals surface area contributed by atoms with Gasteiger partial charge in [-0.3, -0.25) is 19.2 Å². The number of amides is 1. The molecule has 2 atom stereocenters. The first-order valence-electron chi connectivity index (χ1n) is 12.6. The lowest BCUT2D eigenvalue weighted by Gasteiger charge is -2.35. The highest BCUT2D eigenvalue weighted by atomic mass is 19.4. The molecule has 3 fully saturated rings. The van der Waals surface area contributed by atoms with Crippen LogP contribution in [0.3, 0.4) is 0 Å². The van der Waals surface area contributed by atoms with E-state index in [0.717, 1.165) is 37.4 Å². The van der Waals surface area contributed by atoms with Gasteiger partial charge in [-0.15, -0.1) is 0 Å². The summed E-state index contributed by atoms with van der Waals surface area (Å²) in [4.78, 5) is 28.5. The third-order valence-corrected chi connectivity index (χ3v) is 7.96. The topological polar surface area (TPSA) is 78.7 Å². The summed E-state index contributed by atoms with van der Waals surface area (Å²) >= 11 is 0. The fraction of sp³-hybridized carbons (Fsp3) is 0.577. The molecule has 1 aromatic heterocycles. The van der Waals surface area contributed by atoms with E-state index >= 15 is 0 Å². The van der Waals surface area contributed by atoms with Gasteiger partial charge in [0.25, 0.3) is 5.91 Å². The van der Waals surface area contributed by atoms with Gasteiger partial charge >= 0.3 is 12.1 Å². The maximum absolute atomic E-state index is 13.5. The highest BCUT2D eigenvalue weighted by Crippen LogP contribution is 2.44. The predicted octanol–water partition coefficient (Wildman–Crippen LogP) is 4.52. The molecule has 36 heavy (non-hydrogen) atoms. The number of rotatable bonds is 6. The average Bonchev–Trinajstić information content (AvgIpc) is 3.40. The molecule has 1 aromatic carbocycles. The minimum atomic E-state index is -4.42. The van der Waals surface area contributed by atoms with Crippen LogP contribution in [0, 0.1) is 0 Å². The number of alkyl halides is 3. The first-order chi connectivity index (χ1) is 17.1. The number of aliphatic carboxylic acids is 1. The largest absolute Gasteiger partial charge is 0.480 e. The summed E-state index contributed by atoms with van der Waals surface area (Å²) < 4.78 is 42.6. The van der Waals surface area contributed by atoms with Gasteiger partial charge in [-0.05, 0) is 50.7 Å². The van der Waals surface area contributed by atoms with Crippen molar-refractivity contribution >= 4 is 11.9 Å². The zero-order valence-electron chi connectivity index (χ0n) is 20.2. The summed E-state index contributed by atoms with van der Waals surface area (Å²) in [7, 11) is 0. The lowest BCUT2D eigenvalue weighted by molar-refractivity contribution is -0.143. The van der Waals surface area contributed by atoms with Crippen molar-refractivity contribution in [2.45, 2.75) is 69.1 Å². The molecule has 2 aliphatic heterocycles. The van der Waals surface area contributed by atoms with Crippen LogP contribution in [-0.4, -0.2) is 68.8 Å². The van der Waals surface area contributed by atoms with E-state index < -0.39 is 23.8 Å². The fourth-order valence-corrected chi connectivity index (χ4v) is 5.75. The van der Waals surface area contributed by atoms with Gasteiger partial charge in [0.2, 0.25) is 0 Å². The highest BCUT2D eigenvalue weighted by Gasteiger charge is 2.40. The quantitative estimate of drug-likeness (QED) is 0.626. The molecule has 10 heteroatoms. The average molecular weight is 505 g/mol. The lowest BCUT2D eigenvalue weighted by Crippen LogP contribution is -2.44. The zero-order chi connectivity index (χ0) is 25.6. The summed E-state index contributed by atoms with van der Waals surface area (Å²) in [6.45, 7) is 3.66. The van der Waals surface area contributed by atoms with E-state index in [-0.39, 0.29) is 35.9 Å². The van der Waals surface area contributed by atoms with Crippen molar-refractivity contribution in [3.8, 4) is 0 Å². The van der Waals surface area contributed by atoms with E-state index in [0.29, 0.717) is 31.6 Å². The summed E-state index contributed by atoms with van der Waals surface area (Å²) in [5.41, 5.74) is 1.12. The van der Waals surface area contributed by atoms with E-state index in [1.807, 2.05) is 9.58 Å². The third kappa shape index (κ3) is 4.75. The smallest absolute Gasteiger partial charge is 0.416 e. The number of carbonyl (C=O) groups excluding carboxylic acids is 1. The van der Waals surface area contributed by atoms with Crippen molar-refractivity contribution in [1.82, 2.24) is 19.6 Å². The van der Waals surface area contributed by atoms with Crippen LogP contribution in [0.2, 0.25) is 0 Å². The van der Waals surface area contributed by atoms with Gasteiger partial charge < -0.3 is 10.0 Å². The number of hydrogen-bond acceptors (Lipinski definition) is 4. The van der Waals surface area contributed by atoms with Crippen LogP contribution in [0.25, 0.3) is 0 Å². The molecule has 3 heterocycles. The minimum Gasteiger partial charge on any atom is -0.480 e. The van der Waals surface area contributed by atoms with E-state index in [4.69, 9.17) is 0 Å². The van der Waals surface area contributed by atoms with Crippen molar-refractivity contribution in [3.05, 3.63) is 52.8 Å². The number of nitrogens with zero attached hydrogens (tertiary/aromatic N) is 4.